The average Bonchev–Trinajstić information content (AvgIpc) is 2.72. The van der Waals surface area contributed by atoms with Crippen molar-refractivity contribution in [2.75, 3.05) is 0 Å². The van der Waals surface area contributed by atoms with E-state index in [1.807, 2.05) is 12.1 Å². The molecule has 1 N–H and O–H groups in total. The molecule has 94 valence electrons. The summed E-state index contributed by atoms with van der Waals surface area (Å²) in [5, 5.41) is 2.58. The Bertz CT molecular complexity index is 585. The lowest BCUT2D eigenvalue weighted by atomic mass is 10.2. The summed E-state index contributed by atoms with van der Waals surface area (Å²) in [4.78, 5) is 12.6. The molecular weight excluding hydrogens is 324 g/mol. The zero-order valence-corrected chi connectivity index (χ0v) is 11.4. The van der Waals surface area contributed by atoms with Gasteiger partial charge in [0.15, 0.2) is 0 Å². The molecule has 0 radical (unpaired) electrons. The summed E-state index contributed by atoms with van der Waals surface area (Å²) in [6.07, 6.45) is 0. The van der Waals surface area contributed by atoms with Crippen LogP contribution in [0.25, 0.3) is 0 Å². The summed E-state index contributed by atoms with van der Waals surface area (Å²) in [6, 6.07) is 6.60. The number of halogens is 3. The molecule has 0 saturated heterocycles. The van der Waals surface area contributed by atoms with Gasteiger partial charge < -0.3 is 5.32 Å². The van der Waals surface area contributed by atoms with E-state index in [1.54, 1.807) is 0 Å². The molecule has 0 aliphatic rings. The second-order valence-electron chi connectivity index (χ2n) is 3.51. The molecule has 1 aromatic heterocycles. The van der Waals surface area contributed by atoms with E-state index >= 15 is 0 Å². The summed E-state index contributed by atoms with van der Waals surface area (Å²) in [5.74, 6) is -2.12. The minimum Gasteiger partial charge on any atom is -0.347 e. The van der Waals surface area contributed by atoms with Crippen LogP contribution < -0.4 is 5.32 Å². The third kappa shape index (κ3) is 3.14. The topological polar surface area (TPSA) is 29.1 Å². The minimum atomic E-state index is -0.861. The highest BCUT2D eigenvalue weighted by atomic mass is 79.9. The SMILES string of the molecule is O=C(NCc1ccc(Br)s1)c1ccc(F)cc1F. The Morgan fingerprint density at radius 2 is 2.06 bits per heavy atom. The van der Waals surface area contributed by atoms with Crippen molar-refractivity contribution in [2.24, 2.45) is 0 Å². The van der Waals surface area contributed by atoms with E-state index in [0.717, 1.165) is 20.8 Å². The molecule has 0 aliphatic heterocycles. The molecule has 0 saturated carbocycles. The summed E-state index contributed by atoms with van der Waals surface area (Å²) in [7, 11) is 0. The summed E-state index contributed by atoms with van der Waals surface area (Å²) < 4.78 is 27.0. The van der Waals surface area contributed by atoms with Gasteiger partial charge in [0.05, 0.1) is 15.9 Å². The van der Waals surface area contributed by atoms with Gasteiger partial charge in [-0.15, -0.1) is 11.3 Å². The largest absolute Gasteiger partial charge is 0.347 e. The maximum atomic E-state index is 13.3. The number of benzene rings is 1. The quantitative estimate of drug-likeness (QED) is 0.912. The molecule has 0 fully saturated rings. The number of nitrogens with one attached hydrogen (secondary N) is 1. The van der Waals surface area contributed by atoms with E-state index in [1.165, 1.54) is 11.3 Å². The van der Waals surface area contributed by atoms with Crippen molar-refractivity contribution in [3.8, 4) is 0 Å². The van der Waals surface area contributed by atoms with Crippen LogP contribution in [0.4, 0.5) is 8.78 Å². The van der Waals surface area contributed by atoms with E-state index in [-0.39, 0.29) is 5.56 Å². The molecule has 1 amide bonds. The highest BCUT2D eigenvalue weighted by Gasteiger charge is 2.12. The van der Waals surface area contributed by atoms with Crippen molar-refractivity contribution in [3.63, 3.8) is 0 Å². The lowest BCUT2D eigenvalue weighted by molar-refractivity contribution is 0.0947. The van der Waals surface area contributed by atoms with Gasteiger partial charge in [-0.05, 0) is 40.2 Å². The number of amides is 1. The van der Waals surface area contributed by atoms with Gasteiger partial charge in [-0.2, -0.15) is 0 Å². The van der Waals surface area contributed by atoms with Crippen LogP contribution in [-0.4, -0.2) is 5.91 Å². The number of thiophene rings is 1. The molecule has 2 nitrogen and oxygen atoms in total. The first-order chi connectivity index (χ1) is 8.56. The fourth-order valence-electron chi connectivity index (χ4n) is 1.38. The molecule has 2 rings (SSSR count). The summed E-state index contributed by atoms with van der Waals surface area (Å²) in [5.41, 5.74) is -0.160. The molecule has 0 aliphatic carbocycles. The van der Waals surface area contributed by atoms with Gasteiger partial charge in [-0.1, -0.05) is 0 Å². The van der Waals surface area contributed by atoms with E-state index in [2.05, 4.69) is 21.2 Å². The molecule has 18 heavy (non-hydrogen) atoms. The first-order valence-electron chi connectivity index (χ1n) is 5.04. The van der Waals surface area contributed by atoms with Crippen LogP contribution in [0.5, 0.6) is 0 Å². The van der Waals surface area contributed by atoms with E-state index in [9.17, 15) is 13.6 Å². The Hall–Kier alpha value is -1.27. The van der Waals surface area contributed by atoms with Crippen LogP contribution in [0.3, 0.4) is 0 Å². The molecule has 1 aromatic carbocycles. The second kappa shape index (κ2) is 5.58. The maximum absolute atomic E-state index is 13.3. The van der Waals surface area contributed by atoms with Crippen molar-refractivity contribution < 1.29 is 13.6 Å². The van der Waals surface area contributed by atoms with Gasteiger partial charge in [0, 0.05) is 10.9 Å². The highest BCUT2D eigenvalue weighted by molar-refractivity contribution is 9.11. The van der Waals surface area contributed by atoms with Gasteiger partial charge in [0.1, 0.15) is 11.6 Å². The van der Waals surface area contributed by atoms with Gasteiger partial charge in [0.2, 0.25) is 0 Å². The lowest BCUT2D eigenvalue weighted by Crippen LogP contribution is -2.23. The molecule has 0 atom stereocenters. The molecule has 0 unspecified atom stereocenters. The van der Waals surface area contributed by atoms with E-state index < -0.39 is 17.5 Å². The number of carbonyl (C=O) groups excluding carboxylic acids is 1. The van der Waals surface area contributed by atoms with Gasteiger partial charge in [-0.25, -0.2) is 8.78 Å². The minimum absolute atomic E-state index is 0.160. The van der Waals surface area contributed by atoms with Crippen molar-refractivity contribution in [1.29, 1.82) is 0 Å². The van der Waals surface area contributed by atoms with Crippen LogP contribution in [0.2, 0.25) is 0 Å². The van der Waals surface area contributed by atoms with Gasteiger partial charge in [-0.3, -0.25) is 4.79 Å². The standard InChI is InChI=1S/C12H8BrF2NOS/c13-11-4-2-8(18-11)6-16-12(17)9-3-1-7(14)5-10(9)15/h1-5H,6H2,(H,16,17). The lowest BCUT2D eigenvalue weighted by Gasteiger charge is -2.04. The molecular formula is C12H8BrF2NOS. The number of hydrogen-bond acceptors (Lipinski definition) is 2. The average molecular weight is 332 g/mol. The number of carbonyl (C=O) groups is 1. The first-order valence-corrected chi connectivity index (χ1v) is 6.64. The van der Waals surface area contributed by atoms with Crippen molar-refractivity contribution in [1.82, 2.24) is 5.32 Å². The van der Waals surface area contributed by atoms with Crippen LogP contribution in [-0.2, 0) is 6.54 Å². The predicted octanol–water partition coefficient (Wildman–Crippen LogP) is 3.72. The Morgan fingerprint density at radius 3 is 2.67 bits per heavy atom. The monoisotopic (exact) mass is 331 g/mol. The van der Waals surface area contributed by atoms with Crippen molar-refractivity contribution in [2.45, 2.75) is 6.54 Å². The fourth-order valence-corrected chi connectivity index (χ4v) is 2.81. The van der Waals surface area contributed by atoms with Crippen molar-refractivity contribution in [3.05, 3.63) is 56.2 Å². The van der Waals surface area contributed by atoms with Gasteiger partial charge in [0.25, 0.3) is 5.91 Å². The smallest absolute Gasteiger partial charge is 0.254 e. The molecule has 6 heteroatoms. The third-order valence-corrected chi connectivity index (χ3v) is 3.85. The zero-order valence-electron chi connectivity index (χ0n) is 9.04. The van der Waals surface area contributed by atoms with Gasteiger partial charge >= 0.3 is 0 Å². The van der Waals surface area contributed by atoms with Crippen LogP contribution in [0.15, 0.2) is 34.1 Å². The van der Waals surface area contributed by atoms with Crippen LogP contribution >= 0.6 is 27.3 Å². The summed E-state index contributed by atoms with van der Waals surface area (Å²) >= 11 is 4.79. The maximum Gasteiger partial charge on any atom is 0.254 e. The predicted molar refractivity (Wildman–Crippen MR) is 69.5 cm³/mol. The molecule has 2 aromatic rings. The van der Waals surface area contributed by atoms with Crippen LogP contribution in [0, 0.1) is 11.6 Å². The third-order valence-electron chi connectivity index (χ3n) is 2.23. The van der Waals surface area contributed by atoms with Crippen molar-refractivity contribution >= 4 is 33.2 Å². The molecule has 0 spiro atoms. The zero-order chi connectivity index (χ0) is 13.1. The first kappa shape index (κ1) is 13.2. The number of rotatable bonds is 3. The normalized spacial score (nSPS) is 10.4. The Labute approximate surface area is 115 Å². The molecule has 0 bridgehead atoms. The van der Waals surface area contributed by atoms with E-state index in [0.29, 0.717) is 12.6 Å². The van der Waals surface area contributed by atoms with E-state index in [4.69, 9.17) is 0 Å². The Morgan fingerprint density at radius 1 is 1.28 bits per heavy atom. The Kier molecular flexibility index (Phi) is 4.08. The Balaban J connectivity index is 2.03. The fraction of sp³-hybridized carbons (Fsp3) is 0.0833. The molecule has 1 heterocycles. The summed E-state index contributed by atoms with van der Waals surface area (Å²) in [6.45, 7) is 0.311. The van der Waals surface area contributed by atoms with Crippen LogP contribution in [0.1, 0.15) is 15.2 Å². The number of hydrogen-bond donors (Lipinski definition) is 1. The second-order valence-corrected chi connectivity index (χ2v) is 6.06. The highest BCUT2D eigenvalue weighted by Crippen LogP contribution is 2.21.